The number of carbonyl (C=O) groups is 1. The predicted octanol–water partition coefficient (Wildman–Crippen LogP) is 3.36. The number of nitroso groups, excluding NO2 is 1. The Hall–Kier alpha value is -1.97. The molecule has 1 amide bonds. The average molecular weight is 246 g/mol. The largest absolute Gasteiger partial charge is 0.342 e. The van der Waals surface area contributed by atoms with E-state index in [0.717, 1.165) is 11.1 Å². The van der Waals surface area contributed by atoms with Crippen molar-refractivity contribution in [3.05, 3.63) is 40.3 Å². The molecule has 0 N–H and O–H groups in total. The van der Waals surface area contributed by atoms with Crippen LogP contribution in [0.3, 0.4) is 0 Å². The summed E-state index contributed by atoms with van der Waals surface area (Å²) in [6.45, 7) is 6.40. The van der Waals surface area contributed by atoms with Gasteiger partial charge in [-0.3, -0.25) is 4.79 Å². The van der Waals surface area contributed by atoms with Crippen molar-refractivity contribution in [3.63, 3.8) is 0 Å². The lowest BCUT2D eigenvalue weighted by molar-refractivity contribution is -0.123. The second-order valence-corrected chi connectivity index (χ2v) is 4.33. The van der Waals surface area contributed by atoms with Gasteiger partial charge in [-0.05, 0) is 43.6 Å². The second kappa shape index (κ2) is 6.10. The normalized spacial score (nSPS) is 9.78. The van der Waals surface area contributed by atoms with Crippen molar-refractivity contribution >= 4 is 17.2 Å². The van der Waals surface area contributed by atoms with Crippen molar-refractivity contribution in [1.29, 1.82) is 0 Å². The Bertz CT molecular complexity index is 471. The number of likely N-dealkylation sites (N-methyl/N-ethyl adjacent to an activating group) is 1. The van der Waals surface area contributed by atoms with Gasteiger partial charge in [-0.2, -0.15) is 0 Å². The molecule has 0 saturated heterocycles. The number of carbonyl (C=O) groups excluding carboxylic acids is 1. The summed E-state index contributed by atoms with van der Waals surface area (Å²) in [6, 6.07) is 6.73. The number of allylic oxidation sites excluding steroid dienone is 1. The Kier molecular flexibility index (Phi) is 4.77. The maximum Gasteiger partial charge on any atom is 0.254 e. The number of benzene rings is 1. The number of hydrogen-bond donors (Lipinski definition) is 0. The first-order valence-electron chi connectivity index (χ1n) is 5.88. The molecule has 4 nitrogen and oxygen atoms in total. The van der Waals surface area contributed by atoms with Gasteiger partial charge in [0.25, 0.3) is 5.91 Å². The van der Waals surface area contributed by atoms with Crippen LogP contribution in [0.15, 0.2) is 35.0 Å². The average Bonchev–Trinajstić information content (AvgIpc) is 2.38. The van der Waals surface area contributed by atoms with E-state index in [0.29, 0.717) is 17.8 Å². The van der Waals surface area contributed by atoms with E-state index >= 15 is 0 Å². The minimum Gasteiger partial charge on any atom is -0.342 e. The molecule has 0 aliphatic heterocycles. The van der Waals surface area contributed by atoms with Crippen LogP contribution in [0.5, 0.6) is 0 Å². The third-order valence-electron chi connectivity index (χ3n) is 2.80. The molecule has 18 heavy (non-hydrogen) atoms. The lowest BCUT2D eigenvalue weighted by Gasteiger charge is -2.18. The van der Waals surface area contributed by atoms with Gasteiger partial charge in [-0.15, -0.1) is 4.91 Å². The zero-order valence-electron chi connectivity index (χ0n) is 11.2. The van der Waals surface area contributed by atoms with E-state index in [1.807, 2.05) is 20.8 Å². The molecule has 0 unspecified atom stereocenters. The Morgan fingerprint density at radius 3 is 2.17 bits per heavy atom. The summed E-state index contributed by atoms with van der Waals surface area (Å²) < 4.78 is 0. The summed E-state index contributed by atoms with van der Waals surface area (Å²) in [7, 11) is 1.77. The molecule has 0 fully saturated rings. The van der Waals surface area contributed by atoms with Crippen molar-refractivity contribution in [3.8, 4) is 0 Å². The third kappa shape index (κ3) is 3.03. The van der Waals surface area contributed by atoms with Crippen molar-refractivity contribution in [2.75, 3.05) is 13.6 Å². The van der Waals surface area contributed by atoms with E-state index in [2.05, 4.69) is 5.18 Å². The molecular formula is C14H18N2O2. The molecular weight excluding hydrogens is 228 g/mol. The number of amides is 1. The Morgan fingerprint density at radius 1 is 1.22 bits per heavy atom. The highest BCUT2D eigenvalue weighted by Crippen LogP contribution is 2.23. The van der Waals surface area contributed by atoms with Gasteiger partial charge in [0.15, 0.2) is 0 Å². The highest BCUT2D eigenvalue weighted by atomic mass is 16.3. The topological polar surface area (TPSA) is 49.7 Å². The minimum atomic E-state index is -0.00990. The van der Waals surface area contributed by atoms with E-state index in [9.17, 15) is 9.70 Å². The molecule has 0 aromatic heterocycles. The molecule has 0 bridgehead atoms. The van der Waals surface area contributed by atoms with Crippen LogP contribution in [-0.2, 0) is 4.79 Å². The van der Waals surface area contributed by atoms with E-state index in [4.69, 9.17) is 0 Å². The molecule has 0 heterocycles. The Balaban J connectivity index is 3.18. The van der Waals surface area contributed by atoms with Gasteiger partial charge in [0.05, 0.1) is 0 Å². The van der Waals surface area contributed by atoms with Gasteiger partial charge < -0.3 is 4.90 Å². The summed E-state index contributed by atoms with van der Waals surface area (Å²) in [5, 5.41) is 2.85. The number of rotatable bonds is 4. The van der Waals surface area contributed by atoms with Gasteiger partial charge >= 0.3 is 0 Å². The van der Waals surface area contributed by atoms with Crippen molar-refractivity contribution in [2.24, 2.45) is 5.18 Å². The van der Waals surface area contributed by atoms with E-state index < -0.39 is 0 Å². The summed E-state index contributed by atoms with van der Waals surface area (Å²) in [4.78, 5) is 24.3. The lowest BCUT2D eigenvalue weighted by atomic mass is 10.00. The number of nitrogens with zero attached hydrogens (tertiary/aromatic N) is 2. The molecule has 0 aliphatic rings. The summed E-state index contributed by atoms with van der Waals surface area (Å²) >= 11 is 0. The van der Waals surface area contributed by atoms with Crippen LogP contribution in [0.25, 0.3) is 5.57 Å². The number of hydrogen-bond acceptors (Lipinski definition) is 3. The molecule has 0 spiro atoms. The highest BCUT2D eigenvalue weighted by molar-refractivity contribution is 6.20. The predicted molar refractivity (Wildman–Crippen MR) is 73.5 cm³/mol. The zero-order valence-corrected chi connectivity index (χ0v) is 11.2. The van der Waals surface area contributed by atoms with E-state index in [1.165, 1.54) is 0 Å². The fourth-order valence-electron chi connectivity index (χ4n) is 1.65. The molecule has 0 saturated carbocycles. The molecule has 4 heteroatoms. The Morgan fingerprint density at radius 2 is 1.78 bits per heavy atom. The summed E-state index contributed by atoms with van der Waals surface area (Å²) in [5.74, 6) is -0.00990. The Labute approximate surface area is 107 Å². The summed E-state index contributed by atoms with van der Waals surface area (Å²) in [5.41, 5.74) is 2.81. The van der Waals surface area contributed by atoms with E-state index in [1.54, 1.807) is 36.2 Å². The maximum absolute atomic E-state index is 12.3. The van der Waals surface area contributed by atoms with Crippen LogP contribution in [0.2, 0.25) is 0 Å². The first-order valence-corrected chi connectivity index (χ1v) is 5.88. The van der Waals surface area contributed by atoms with Crippen LogP contribution in [0.1, 0.15) is 26.3 Å². The monoisotopic (exact) mass is 246 g/mol. The third-order valence-corrected chi connectivity index (χ3v) is 2.80. The van der Waals surface area contributed by atoms with Crippen LogP contribution in [0, 0.1) is 4.91 Å². The van der Waals surface area contributed by atoms with Gasteiger partial charge in [0.2, 0.25) is 0 Å². The van der Waals surface area contributed by atoms with Crippen molar-refractivity contribution < 1.29 is 4.79 Å². The van der Waals surface area contributed by atoms with Crippen LogP contribution < -0.4 is 0 Å². The standard InChI is InChI=1S/C14H18N2O2/c1-5-16(4)14(17)13(10(2)3)11-6-8-12(15-18)9-7-11/h6-9H,5H2,1-4H3. The van der Waals surface area contributed by atoms with Gasteiger partial charge in [0, 0.05) is 19.2 Å². The minimum absolute atomic E-state index is 0.00990. The van der Waals surface area contributed by atoms with E-state index in [-0.39, 0.29) is 5.91 Å². The SMILES string of the molecule is CCN(C)C(=O)C(=C(C)C)c1ccc(N=O)cc1. The van der Waals surface area contributed by atoms with Crippen LogP contribution in [-0.4, -0.2) is 24.4 Å². The maximum atomic E-state index is 12.3. The molecule has 96 valence electrons. The molecule has 0 atom stereocenters. The van der Waals surface area contributed by atoms with Crippen LogP contribution >= 0.6 is 0 Å². The molecule has 0 radical (unpaired) electrons. The molecule has 1 aromatic carbocycles. The second-order valence-electron chi connectivity index (χ2n) is 4.33. The van der Waals surface area contributed by atoms with Gasteiger partial charge in [-0.25, -0.2) is 0 Å². The highest BCUT2D eigenvalue weighted by Gasteiger charge is 2.16. The first kappa shape index (κ1) is 14.1. The summed E-state index contributed by atoms with van der Waals surface area (Å²) in [6.07, 6.45) is 0. The fourth-order valence-corrected chi connectivity index (χ4v) is 1.65. The quantitative estimate of drug-likeness (QED) is 0.604. The van der Waals surface area contributed by atoms with Crippen LogP contribution in [0.4, 0.5) is 5.69 Å². The van der Waals surface area contributed by atoms with Gasteiger partial charge in [-0.1, -0.05) is 17.7 Å². The molecule has 0 aliphatic carbocycles. The van der Waals surface area contributed by atoms with Crippen molar-refractivity contribution in [1.82, 2.24) is 4.90 Å². The first-order chi connectivity index (χ1) is 8.51. The smallest absolute Gasteiger partial charge is 0.254 e. The van der Waals surface area contributed by atoms with Crippen molar-refractivity contribution in [2.45, 2.75) is 20.8 Å². The fraction of sp³-hybridized carbons (Fsp3) is 0.357. The van der Waals surface area contributed by atoms with Gasteiger partial charge in [0.1, 0.15) is 5.69 Å². The zero-order chi connectivity index (χ0) is 13.7. The molecule has 1 aromatic rings. The molecule has 1 rings (SSSR count). The lowest BCUT2D eigenvalue weighted by Crippen LogP contribution is -2.27.